The molecule has 1 amide bonds. The zero-order valence-electron chi connectivity index (χ0n) is 12.1. The molecule has 0 spiro atoms. The van der Waals surface area contributed by atoms with Crippen molar-refractivity contribution in [1.82, 2.24) is 10.2 Å². The van der Waals surface area contributed by atoms with Crippen LogP contribution in [-0.2, 0) is 11.2 Å². The van der Waals surface area contributed by atoms with Crippen LogP contribution in [-0.4, -0.2) is 37.0 Å². The lowest BCUT2D eigenvalue weighted by Gasteiger charge is -2.21. The summed E-state index contributed by atoms with van der Waals surface area (Å²) >= 11 is 5.87. The number of benzene rings is 1. The lowest BCUT2D eigenvalue weighted by atomic mass is 9.92. The Kier molecular flexibility index (Phi) is 5.91. The quantitative estimate of drug-likeness (QED) is 0.905. The number of hydrogen-bond donors (Lipinski definition) is 1. The first-order chi connectivity index (χ1) is 9.72. The van der Waals surface area contributed by atoms with E-state index in [1.807, 2.05) is 29.2 Å². The Morgan fingerprint density at radius 2 is 1.71 bits per heavy atom. The number of carbonyl (C=O) groups is 1. The molecular weight excluding hydrogens is 307 g/mol. The van der Waals surface area contributed by atoms with Crippen molar-refractivity contribution in [2.75, 3.05) is 26.2 Å². The molecule has 2 heterocycles. The standard InChI is InChI=1S/C16H21ClN2O.ClH/c17-15-3-1-12(2-4-15)9-16(20)19-7-5-13-10-18-11-14(13)6-8-19;/h1-4,13-14,18H,5-11H2;1H. The zero-order chi connectivity index (χ0) is 13.9. The van der Waals surface area contributed by atoms with E-state index in [1.165, 1.54) is 0 Å². The highest BCUT2D eigenvalue weighted by Gasteiger charge is 2.31. The Morgan fingerprint density at radius 1 is 1.14 bits per heavy atom. The summed E-state index contributed by atoms with van der Waals surface area (Å²) < 4.78 is 0. The molecule has 0 bridgehead atoms. The topological polar surface area (TPSA) is 32.3 Å². The Balaban J connectivity index is 0.00000161. The average Bonchev–Trinajstić information content (AvgIpc) is 2.80. The molecule has 0 aromatic heterocycles. The van der Waals surface area contributed by atoms with Gasteiger partial charge in [-0.05, 0) is 55.5 Å². The molecule has 21 heavy (non-hydrogen) atoms. The first kappa shape index (κ1) is 16.6. The van der Waals surface area contributed by atoms with Gasteiger partial charge in [0.1, 0.15) is 0 Å². The van der Waals surface area contributed by atoms with Crippen molar-refractivity contribution in [3.05, 3.63) is 34.9 Å². The molecule has 2 atom stereocenters. The van der Waals surface area contributed by atoms with Crippen LogP contribution in [0.1, 0.15) is 18.4 Å². The van der Waals surface area contributed by atoms with E-state index in [2.05, 4.69) is 5.32 Å². The highest BCUT2D eigenvalue weighted by Crippen LogP contribution is 2.27. The third-order valence-corrected chi connectivity index (χ3v) is 4.89. The van der Waals surface area contributed by atoms with Crippen LogP contribution in [0, 0.1) is 11.8 Å². The van der Waals surface area contributed by atoms with Gasteiger partial charge in [0.05, 0.1) is 6.42 Å². The van der Waals surface area contributed by atoms with E-state index in [0.29, 0.717) is 6.42 Å². The molecule has 2 aliphatic heterocycles. The summed E-state index contributed by atoms with van der Waals surface area (Å²) in [4.78, 5) is 14.5. The van der Waals surface area contributed by atoms with Gasteiger partial charge in [-0.1, -0.05) is 23.7 Å². The zero-order valence-corrected chi connectivity index (χ0v) is 13.6. The van der Waals surface area contributed by atoms with Crippen molar-refractivity contribution in [1.29, 1.82) is 0 Å². The van der Waals surface area contributed by atoms with E-state index in [0.717, 1.165) is 61.4 Å². The fourth-order valence-corrected chi connectivity index (χ4v) is 3.48. The van der Waals surface area contributed by atoms with Crippen molar-refractivity contribution in [2.24, 2.45) is 11.8 Å². The van der Waals surface area contributed by atoms with Gasteiger partial charge in [0.15, 0.2) is 0 Å². The second-order valence-electron chi connectivity index (χ2n) is 5.94. The lowest BCUT2D eigenvalue weighted by Crippen LogP contribution is -2.33. The van der Waals surface area contributed by atoms with Crippen LogP contribution in [0.3, 0.4) is 0 Å². The smallest absolute Gasteiger partial charge is 0.226 e. The molecule has 5 heteroatoms. The molecule has 0 saturated carbocycles. The summed E-state index contributed by atoms with van der Waals surface area (Å²) in [5, 5.41) is 4.18. The predicted molar refractivity (Wildman–Crippen MR) is 88.1 cm³/mol. The fraction of sp³-hybridized carbons (Fsp3) is 0.562. The van der Waals surface area contributed by atoms with Gasteiger partial charge < -0.3 is 10.2 Å². The van der Waals surface area contributed by atoms with Gasteiger partial charge >= 0.3 is 0 Å². The number of rotatable bonds is 2. The molecule has 2 saturated heterocycles. The van der Waals surface area contributed by atoms with E-state index in [9.17, 15) is 4.79 Å². The largest absolute Gasteiger partial charge is 0.342 e. The van der Waals surface area contributed by atoms with Crippen LogP contribution in [0.15, 0.2) is 24.3 Å². The summed E-state index contributed by atoms with van der Waals surface area (Å²) in [6.07, 6.45) is 2.78. The molecule has 2 unspecified atom stereocenters. The lowest BCUT2D eigenvalue weighted by molar-refractivity contribution is -0.130. The van der Waals surface area contributed by atoms with Crippen LogP contribution >= 0.6 is 24.0 Å². The maximum atomic E-state index is 12.4. The van der Waals surface area contributed by atoms with E-state index >= 15 is 0 Å². The number of nitrogens with zero attached hydrogens (tertiary/aromatic N) is 1. The van der Waals surface area contributed by atoms with Gasteiger partial charge in [0.2, 0.25) is 5.91 Å². The van der Waals surface area contributed by atoms with Crippen LogP contribution in [0.2, 0.25) is 5.02 Å². The SMILES string of the molecule is Cl.O=C(Cc1ccc(Cl)cc1)N1CCC2CNCC2CC1. The van der Waals surface area contributed by atoms with Crippen LogP contribution in [0.5, 0.6) is 0 Å². The van der Waals surface area contributed by atoms with Crippen molar-refractivity contribution in [3.8, 4) is 0 Å². The van der Waals surface area contributed by atoms with Crippen molar-refractivity contribution < 1.29 is 4.79 Å². The van der Waals surface area contributed by atoms with Crippen molar-refractivity contribution in [2.45, 2.75) is 19.3 Å². The fourth-order valence-electron chi connectivity index (χ4n) is 3.36. The number of amides is 1. The maximum absolute atomic E-state index is 12.4. The number of fused-ring (bicyclic) bond motifs is 1. The van der Waals surface area contributed by atoms with Gasteiger partial charge in [-0.25, -0.2) is 0 Å². The minimum atomic E-state index is 0. The summed E-state index contributed by atoms with van der Waals surface area (Å²) in [5.41, 5.74) is 1.05. The Morgan fingerprint density at radius 3 is 2.29 bits per heavy atom. The van der Waals surface area contributed by atoms with E-state index in [-0.39, 0.29) is 18.3 Å². The first-order valence-corrected chi connectivity index (χ1v) is 7.83. The molecule has 0 aliphatic carbocycles. The normalized spacial score (nSPS) is 24.9. The van der Waals surface area contributed by atoms with Crippen LogP contribution in [0.25, 0.3) is 0 Å². The van der Waals surface area contributed by atoms with E-state index in [4.69, 9.17) is 11.6 Å². The van der Waals surface area contributed by atoms with Gasteiger partial charge in [0.25, 0.3) is 0 Å². The van der Waals surface area contributed by atoms with Crippen molar-refractivity contribution in [3.63, 3.8) is 0 Å². The number of hydrogen-bond acceptors (Lipinski definition) is 2. The molecule has 2 aliphatic rings. The number of carbonyl (C=O) groups excluding carboxylic acids is 1. The van der Waals surface area contributed by atoms with E-state index < -0.39 is 0 Å². The molecule has 1 aromatic carbocycles. The second-order valence-corrected chi connectivity index (χ2v) is 6.38. The van der Waals surface area contributed by atoms with Crippen LogP contribution < -0.4 is 5.32 Å². The highest BCUT2D eigenvalue weighted by molar-refractivity contribution is 6.30. The number of halogens is 2. The third kappa shape index (κ3) is 4.12. The van der Waals surface area contributed by atoms with Crippen LogP contribution in [0.4, 0.5) is 0 Å². The third-order valence-electron chi connectivity index (χ3n) is 4.64. The second kappa shape index (κ2) is 7.48. The minimum Gasteiger partial charge on any atom is -0.342 e. The van der Waals surface area contributed by atoms with Gasteiger partial charge in [-0.15, -0.1) is 12.4 Å². The van der Waals surface area contributed by atoms with E-state index in [1.54, 1.807) is 0 Å². The monoisotopic (exact) mass is 328 g/mol. The molecule has 1 N–H and O–H groups in total. The number of likely N-dealkylation sites (tertiary alicyclic amines) is 1. The van der Waals surface area contributed by atoms with Gasteiger partial charge in [0, 0.05) is 18.1 Å². The molecule has 116 valence electrons. The minimum absolute atomic E-state index is 0. The van der Waals surface area contributed by atoms with Crippen molar-refractivity contribution >= 4 is 29.9 Å². The Hall–Kier alpha value is -0.770. The summed E-state index contributed by atoms with van der Waals surface area (Å²) in [7, 11) is 0. The van der Waals surface area contributed by atoms with Gasteiger partial charge in [-0.2, -0.15) is 0 Å². The maximum Gasteiger partial charge on any atom is 0.226 e. The Bertz CT molecular complexity index is 464. The molecule has 3 nitrogen and oxygen atoms in total. The number of nitrogens with one attached hydrogen (secondary N) is 1. The predicted octanol–water partition coefficient (Wildman–Crippen LogP) is 2.76. The van der Waals surface area contributed by atoms with Gasteiger partial charge in [-0.3, -0.25) is 4.79 Å². The molecular formula is C16H22Cl2N2O. The average molecular weight is 329 g/mol. The highest BCUT2D eigenvalue weighted by atomic mass is 35.5. The first-order valence-electron chi connectivity index (χ1n) is 7.45. The molecule has 2 fully saturated rings. The summed E-state index contributed by atoms with van der Waals surface area (Å²) in [5.74, 6) is 1.78. The molecule has 0 radical (unpaired) electrons. The molecule has 1 aromatic rings. The summed E-state index contributed by atoms with van der Waals surface area (Å²) in [6.45, 7) is 4.08. The Labute approximate surface area is 137 Å². The molecule has 3 rings (SSSR count). The summed E-state index contributed by atoms with van der Waals surface area (Å²) in [6, 6.07) is 7.58.